The number of H-pyrrole nitrogens is 1. The first-order valence-corrected chi connectivity index (χ1v) is 20.0. The standard InChI is InChI=1S/C39H50N2O9Si/c1-26-24-41(36(44)40-34(26)43)35-38(45,22-23-42)33(50-51(7,8)37(2,3)4)32(49-35)25-48-39(27-12-10-9-11-13-27,28-14-18-30(46-5)19-15-28)29-16-20-31(47-6)21-17-29/h9-21,24,32-33,35,42,45H,22-23,25H2,1-8H3,(H,40,43,44)/t32-,33-,35-,38-/m1/s1. The van der Waals surface area contributed by atoms with Gasteiger partial charge in [0.15, 0.2) is 14.5 Å². The fraction of sp³-hybridized carbons (Fsp3) is 0.436. The second kappa shape index (κ2) is 14.9. The lowest BCUT2D eigenvalue weighted by Crippen LogP contribution is -2.56. The number of benzene rings is 3. The predicted molar refractivity (Wildman–Crippen MR) is 197 cm³/mol. The van der Waals surface area contributed by atoms with Gasteiger partial charge in [-0.1, -0.05) is 75.4 Å². The van der Waals surface area contributed by atoms with Crippen molar-refractivity contribution in [2.75, 3.05) is 27.4 Å². The van der Waals surface area contributed by atoms with Crippen LogP contribution in [0.4, 0.5) is 0 Å². The van der Waals surface area contributed by atoms with Gasteiger partial charge in [-0.25, -0.2) is 4.79 Å². The summed E-state index contributed by atoms with van der Waals surface area (Å²) in [5.74, 6) is 1.35. The Kier molecular flexibility index (Phi) is 11.2. The van der Waals surface area contributed by atoms with Gasteiger partial charge in [-0.05, 0) is 66.0 Å². The average Bonchev–Trinajstić information content (AvgIpc) is 3.36. The van der Waals surface area contributed by atoms with E-state index in [1.807, 2.05) is 78.9 Å². The van der Waals surface area contributed by atoms with Crippen LogP contribution >= 0.6 is 0 Å². The van der Waals surface area contributed by atoms with Gasteiger partial charge in [0.05, 0.1) is 20.8 Å². The monoisotopic (exact) mass is 718 g/mol. The molecule has 1 aliphatic rings. The number of aliphatic hydroxyl groups excluding tert-OH is 1. The molecule has 0 saturated carbocycles. The van der Waals surface area contributed by atoms with Gasteiger partial charge in [0.2, 0.25) is 0 Å². The third kappa shape index (κ3) is 7.34. The topological polar surface area (TPSA) is 141 Å². The van der Waals surface area contributed by atoms with Crippen LogP contribution in [-0.2, 0) is 19.5 Å². The largest absolute Gasteiger partial charge is 0.497 e. The number of hydrogen-bond donors (Lipinski definition) is 3. The van der Waals surface area contributed by atoms with Crippen LogP contribution in [0.15, 0.2) is 94.6 Å². The molecule has 4 aromatic rings. The molecule has 51 heavy (non-hydrogen) atoms. The van der Waals surface area contributed by atoms with Crippen LogP contribution in [0.25, 0.3) is 0 Å². The van der Waals surface area contributed by atoms with E-state index in [1.165, 1.54) is 10.8 Å². The number of ether oxygens (including phenoxy) is 4. The van der Waals surface area contributed by atoms with E-state index in [1.54, 1.807) is 21.1 Å². The molecule has 3 aromatic carbocycles. The highest BCUT2D eigenvalue weighted by Gasteiger charge is 2.60. The molecular formula is C39H50N2O9Si. The second-order valence-corrected chi connectivity index (χ2v) is 19.3. The van der Waals surface area contributed by atoms with E-state index in [9.17, 15) is 19.8 Å². The SMILES string of the molecule is COc1ccc(C(OC[C@H]2O[C@@H](n3cc(C)c(=O)[nH]c3=O)[C@@](O)(CCO)[C@@H]2O[Si](C)(C)C(C)(C)C)(c2ccccc2)c2ccc(OC)cc2)cc1. The van der Waals surface area contributed by atoms with Crippen molar-refractivity contribution in [1.29, 1.82) is 0 Å². The Balaban J connectivity index is 1.70. The predicted octanol–water partition coefficient (Wildman–Crippen LogP) is 5.27. The van der Waals surface area contributed by atoms with Crippen LogP contribution < -0.4 is 20.7 Å². The number of aliphatic hydroxyl groups is 2. The zero-order valence-electron chi connectivity index (χ0n) is 30.6. The first-order valence-electron chi connectivity index (χ1n) is 17.1. The average molecular weight is 719 g/mol. The molecule has 1 aromatic heterocycles. The second-order valence-electron chi connectivity index (χ2n) is 14.6. The van der Waals surface area contributed by atoms with Crippen LogP contribution in [0.2, 0.25) is 18.1 Å². The van der Waals surface area contributed by atoms with Crippen molar-refractivity contribution in [3.05, 3.63) is 128 Å². The summed E-state index contributed by atoms with van der Waals surface area (Å²) < 4.78 is 33.0. The summed E-state index contributed by atoms with van der Waals surface area (Å²) in [6, 6.07) is 25.1. The molecule has 12 heteroatoms. The fourth-order valence-corrected chi connectivity index (χ4v) is 7.75. The zero-order valence-corrected chi connectivity index (χ0v) is 31.6. The summed E-state index contributed by atoms with van der Waals surface area (Å²) in [7, 11) is 0.588. The smallest absolute Gasteiger partial charge is 0.330 e. The van der Waals surface area contributed by atoms with Gasteiger partial charge in [0.1, 0.15) is 34.9 Å². The van der Waals surface area contributed by atoms with E-state index in [2.05, 4.69) is 38.8 Å². The highest BCUT2D eigenvalue weighted by atomic mass is 28.4. The van der Waals surface area contributed by atoms with Crippen LogP contribution in [0, 0.1) is 6.92 Å². The first kappa shape index (κ1) is 38.2. The summed E-state index contributed by atoms with van der Waals surface area (Å²) >= 11 is 0. The summed E-state index contributed by atoms with van der Waals surface area (Å²) in [4.78, 5) is 27.9. The number of methoxy groups -OCH3 is 2. The van der Waals surface area contributed by atoms with Crippen molar-refractivity contribution in [2.24, 2.45) is 0 Å². The molecule has 4 atom stereocenters. The molecule has 2 heterocycles. The molecule has 0 unspecified atom stereocenters. The number of rotatable bonds is 13. The number of aromatic amines is 1. The molecule has 0 spiro atoms. The maximum Gasteiger partial charge on any atom is 0.330 e. The Morgan fingerprint density at radius 3 is 1.90 bits per heavy atom. The summed E-state index contributed by atoms with van der Waals surface area (Å²) in [6.07, 6.45) is -2.08. The molecule has 3 N–H and O–H groups in total. The van der Waals surface area contributed by atoms with Gasteiger partial charge >= 0.3 is 5.69 Å². The van der Waals surface area contributed by atoms with Gasteiger partial charge in [-0.15, -0.1) is 0 Å². The summed E-state index contributed by atoms with van der Waals surface area (Å²) in [5, 5.41) is 22.7. The van der Waals surface area contributed by atoms with Crippen molar-refractivity contribution in [3.63, 3.8) is 0 Å². The van der Waals surface area contributed by atoms with Crippen molar-refractivity contribution in [1.82, 2.24) is 9.55 Å². The third-order valence-electron chi connectivity index (χ3n) is 10.3. The van der Waals surface area contributed by atoms with Crippen LogP contribution in [0.5, 0.6) is 11.5 Å². The van der Waals surface area contributed by atoms with Crippen molar-refractivity contribution in [2.45, 2.75) is 81.9 Å². The lowest BCUT2D eigenvalue weighted by Gasteiger charge is -2.43. The maximum atomic E-state index is 13.3. The number of hydrogen-bond acceptors (Lipinski definition) is 9. The lowest BCUT2D eigenvalue weighted by molar-refractivity contribution is -0.121. The highest BCUT2D eigenvalue weighted by molar-refractivity contribution is 6.74. The van der Waals surface area contributed by atoms with E-state index >= 15 is 0 Å². The fourth-order valence-electron chi connectivity index (χ4n) is 6.41. The molecule has 1 saturated heterocycles. The van der Waals surface area contributed by atoms with Crippen LogP contribution in [-0.4, -0.2) is 73.3 Å². The molecule has 0 aliphatic carbocycles. The normalized spacial score (nSPS) is 21.1. The lowest BCUT2D eigenvalue weighted by atomic mass is 9.80. The van der Waals surface area contributed by atoms with Gasteiger partial charge in [0.25, 0.3) is 5.56 Å². The third-order valence-corrected chi connectivity index (χ3v) is 14.8. The Hall–Kier alpha value is -4.04. The van der Waals surface area contributed by atoms with Crippen molar-refractivity contribution >= 4 is 8.32 Å². The van der Waals surface area contributed by atoms with E-state index < -0.39 is 55.8 Å². The molecule has 0 bridgehead atoms. The minimum Gasteiger partial charge on any atom is -0.497 e. The van der Waals surface area contributed by atoms with E-state index in [-0.39, 0.29) is 23.6 Å². The van der Waals surface area contributed by atoms with Gasteiger partial charge in [0, 0.05) is 24.8 Å². The molecule has 11 nitrogen and oxygen atoms in total. The highest BCUT2D eigenvalue weighted by Crippen LogP contribution is 2.48. The Morgan fingerprint density at radius 1 is 0.882 bits per heavy atom. The summed E-state index contributed by atoms with van der Waals surface area (Å²) in [5.41, 5.74) is -1.70. The zero-order chi connectivity index (χ0) is 37.2. The molecular weight excluding hydrogens is 669 g/mol. The number of nitrogens with zero attached hydrogens (tertiary/aromatic N) is 1. The van der Waals surface area contributed by atoms with E-state index in [0.29, 0.717) is 11.5 Å². The van der Waals surface area contributed by atoms with Gasteiger partial charge in [-0.2, -0.15) is 0 Å². The molecule has 0 amide bonds. The van der Waals surface area contributed by atoms with Crippen molar-refractivity contribution < 1.29 is 33.6 Å². The number of nitrogens with one attached hydrogen (secondary N) is 1. The van der Waals surface area contributed by atoms with Crippen LogP contribution in [0.1, 0.15) is 55.7 Å². The molecule has 1 fully saturated rings. The maximum absolute atomic E-state index is 13.3. The quantitative estimate of drug-likeness (QED) is 0.125. The van der Waals surface area contributed by atoms with Crippen LogP contribution in [0.3, 0.4) is 0 Å². The Bertz CT molecular complexity index is 1840. The Morgan fingerprint density at radius 2 is 1.41 bits per heavy atom. The number of aromatic nitrogens is 2. The minimum absolute atomic E-state index is 0.104. The minimum atomic E-state index is -2.63. The molecule has 274 valence electrons. The van der Waals surface area contributed by atoms with E-state index in [4.69, 9.17) is 23.4 Å². The van der Waals surface area contributed by atoms with Gasteiger partial charge in [-0.3, -0.25) is 14.3 Å². The number of aryl methyl sites for hydroxylation is 1. The summed E-state index contributed by atoms with van der Waals surface area (Å²) in [6.45, 7) is 11.5. The van der Waals surface area contributed by atoms with Crippen molar-refractivity contribution in [3.8, 4) is 11.5 Å². The molecule has 1 aliphatic heterocycles. The van der Waals surface area contributed by atoms with E-state index in [0.717, 1.165) is 16.7 Å². The Labute approximate surface area is 299 Å². The molecule has 0 radical (unpaired) electrons. The first-order chi connectivity index (χ1) is 24.1. The van der Waals surface area contributed by atoms with Gasteiger partial charge < -0.3 is 33.6 Å². The molecule has 5 rings (SSSR count).